The van der Waals surface area contributed by atoms with Crippen LogP contribution < -0.4 is 11.2 Å². The van der Waals surface area contributed by atoms with Crippen LogP contribution in [0.4, 0.5) is 4.79 Å². The normalized spacial score (nSPS) is 21.2. The predicted octanol–water partition coefficient (Wildman–Crippen LogP) is 0.831. The molecule has 0 heterocycles. The maximum Gasteiger partial charge on any atom is 0.332 e. The number of amides is 2. The Kier molecular flexibility index (Phi) is 2.12. The molecule has 0 aromatic carbocycles. The summed E-state index contributed by atoms with van der Waals surface area (Å²) in [7, 11) is 0. The Labute approximate surface area is 65.8 Å². The lowest BCUT2D eigenvalue weighted by atomic mass is 9.72. The van der Waals surface area contributed by atoms with Crippen LogP contribution in [0.2, 0.25) is 0 Å². The largest absolute Gasteiger partial charge is 0.350 e. The quantitative estimate of drug-likeness (QED) is 0.450. The number of hydrogen-bond donors (Lipinski definition) is 2. The van der Waals surface area contributed by atoms with Crippen LogP contribution in [0.1, 0.15) is 26.2 Å². The molecule has 4 nitrogen and oxygen atoms in total. The van der Waals surface area contributed by atoms with Crippen molar-refractivity contribution in [3.8, 4) is 0 Å². The van der Waals surface area contributed by atoms with Gasteiger partial charge in [-0.05, 0) is 12.8 Å². The Morgan fingerprint density at radius 2 is 2.36 bits per heavy atom. The molecule has 0 aliphatic heterocycles. The highest BCUT2D eigenvalue weighted by atomic mass is 16.2. The summed E-state index contributed by atoms with van der Waals surface area (Å²) < 4.78 is 0. The van der Waals surface area contributed by atoms with Crippen LogP contribution >= 0.6 is 0 Å². The summed E-state index contributed by atoms with van der Waals surface area (Å²) in [4.78, 5) is 10.2. The van der Waals surface area contributed by atoms with Crippen LogP contribution in [0, 0.1) is 5.41 Å². The summed E-state index contributed by atoms with van der Waals surface area (Å²) in [6.07, 6.45) is 5.31. The summed E-state index contributed by atoms with van der Waals surface area (Å²) >= 11 is 0. The van der Waals surface area contributed by atoms with Crippen molar-refractivity contribution in [1.29, 1.82) is 0 Å². The van der Waals surface area contributed by atoms with Crippen molar-refractivity contribution in [2.45, 2.75) is 26.2 Å². The molecule has 11 heavy (non-hydrogen) atoms. The number of urea groups is 1. The van der Waals surface area contributed by atoms with Gasteiger partial charge in [-0.15, -0.1) is 0 Å². The second-order valence-electron chi connectivity index (χ2n) is 3.24. The minimum Gasteiger partial charge on any atom is -0.350 e. The molecule has 4 heteroatoms. The first-order valence-electron chi connectivity index (χ1n) is 3.72. The smallest absolute Gasteiger partial charge is 0.332 e. The molecule has 1 rings (SSSR count). The Bertz CT molecular complexity index is 184. The number of hydrazone groups is 1. The lowest BCUT2D eigenvalue weighted by Gasteiger charge is -2.33. The van der Waals surface area contributed by atoms with E-state index in [1.54, 1.807) is 6.21 Å². The van der Waals surface area contributed by atoms with E-state index in [9.17, 15) is 4.79 Å². The number of primary amides is 1. The fourth-order valence-corrected chi connectivity index (χ4v) is 1.12. The van der Waals surface area contributed by atoms with Gasteiger partial charge < -0.3 is 5.73 Å². The molecule has 0 saturated heterocycles. The lowest BCUT2D eigenvalue weighted by Crippen LogP contribution is -2.30. The average molecular weight is 155 g/mol. The summed E-state index contributed by atoms with van der Waals surface area (Å²) in [6.45, 7) is 2.11. The first-order chi connectivity index (χ1) is 5.12. The first-order valence-corrected chi connectivity index (χ1v) is 3.72. The second kappa shape index (κ2) is 2.90. The molecule has 2 amide bonds. The highest BCUT2D eigenvalue weighted by Crippen LogP contribution is 2.38. The van der Waals surface area contributed by atoms with E-state index in [0.717, 1.165) is 12.8 Å². The van der Waals surface area contributed by atoms with E-state index in [-0.39, 0.29) is 5.41 Å². The molecule has 0 atom stereocenters. The minimum atomic E-state index is -0.607. The fourth-order valence-electron chi connectivity index (χ4n) is 1.12. The van der Waals surface area contributed by atoms with Gasteiger partial charge in [0.2, 0.25) is 0 Å². The van der Waals surface area contributed by atoms with Gasteiger partial charge in [-0.2, -0.15) is 5.10 Å². The lowest BCUT2D eigenvalue weighted by molar-refractivity contribution is 0.248. The summed E-state index contributed by atoms with van der Waals surface area (Å²) in [5.41, 5.74) is 7.19. The Morgan fingerprint density at radius 3 is 2.73 bits per heavy atom. The van der Waals surface area contributed by atoms with Gasteiger partial charge in [-0.3, -0.25) is 0 Å². The molecule has 1 saturated carbocycles. The summed E-state index contributed by atoms with van der Waals surface area (Å²) in [5.74, 6) is 0. The molecule has 0 aromatic heterocycles. The maximum atomic E-state index is 10.2. The number of carbonyl (C=O) groups excluding carboxylic acids is 1. The van der Waals surface area contributed by atoms with Gasteiger partial charge in [0, 0.05) is 11.6 Å². The molecular weight excluding hydrogens is 142 g/mol. The molecule has 1 aliphatic carbocycles. The van der Waals surface area contributed by atoms with Crippen LogP contribution in [-0.4, -0.2) is 12.2 Å². The van der Waals surface area contributed by atoms with E-state index < -0.39 is 6.03 Å². The third kappa shape index (κ3) is 2.22. The number of hydrogen-bond acceptors (Lipinski definition) is 2. The van der Waals surface area contributed by atoms with Gasteiger partial charge in [-0.25, -0.2) is 10.2 Å². The van der Waals surface area contributed by atoms with Crippen molar-refractivity contribution >= 4 is 12.2 Å². The van der Waals surface area contributed by atoms with Crippen LogP contribution in [-0.2, 0) is 0 Å². The molecule has 0 unspecified atom stereocenters. The second-order valence-corrected chi connectivity index (χ2v) is 3.24. The highest BCUT2D eigenvalue weighted by molar-refractivity contribution is 5.74. The van der Waals surface area contributed by atoms with Crippen LogP contribution in [0.25, 0.3) is 0 Å². The molecule has 1 aliphatic rings. The molecule has 0 radical (unpaired) electrons. The van der Waals surface area contributed by atoms with Gasteiger partial charge in [0.05, 0.1) is 0 Å². The van der Waals surface area contributed by atoms with E-state index in [4.69, 9.17) is 5.73 Å². The fraction of sp³-hybridized carbons (Fsp3) is 0.714. The van der Waals surface area contributed by atoms with E-state index >= 15 is 0 Å². The molecule has 0 bridgehead atoms. The Hall–Kier alpha value is -1.06. The zero-order valence-electron chi connectivity index (χ0n) is 6.63. The van der Waals surface area contributed by atoms with Gasteiger partial charge in [-0.1, -0.05) is 13.3 Å². The molecule has 3 N–H and O–H groups in total. The van der Waals surface area contributed by atoms with E-state index in [1.165, 1.54) is 6.42 Å². The third-order valence-electron chi connectivity index (χ3n) is 2.05. The first kappa shape index (κ1) is 8.04. The number of rotatable bonds is 2. The number of nitrogens with zero attached hydrogens (tertiary/aromatic N) is 1. The van der Waals surface area contributed by atoms with Crippen molar-refractivity contribution in [1.82, 2.24) is 5.43 Å². The van der Waals surface area contributed by atoms with Crippen LogP contribution in [0.15, 0.2) is 5.10 Å². The average Bonchev–Trinajstić information content (AvgIpc) is 1.83. The van der Waals surface area contributed by atoms with Gasteiger partial charge in [0.15, 0.2) is 0 Å². The van der Waals surface area contributed by atoms with Crippen molar-refractivity contribution in [2.24, 2.45) is 16.3 Å². The Balaban J connectivity index is 2.28. The summed E-state index contributed by atoms with van der Waals surface area (Å²) in [5, 5.41) is 3.72. The topological polar surface area (TPSA) is 67.5 Å². The van der Waals surface area contributed by atoms with Gasteiger partial charge >= 0.3 is 6.03 Å². The van der Waals surface area contributed by atoms with Crippen molar-refractivity contribution in [3.63, 3.8) is 0 Å². The predicted molar refractivity (Wildman–Crippen MR) is 43.2 cm³/mol. The third-order valence-corrected chi connectivity index (χ3v) is 2.05. The van der Waals surface area contributed by atoms with Gasteiger partial charge in [0.25, 0.3) is 0 Å². The van der Waals surface area contributed by atoms with Crippen molar-refractivity contribution < 1.29 is 4.79 Å². The number of nitrogens with two attached hydrogens (primary N) is 1. The number of nitrogens with one attached hydrogen (secondary N) is 1. The zero-order valence-corrected chi connectivity index (χ0v) is 6.63. The molecule has 1 fully saturated rings. The van der Waals surface area contributed by atoms with Crippen LogP contribution in [0.3, 0.4) is 0 Å². The standard InChI is InChI=1S/C7H13N3O/c1-7(3-2-4-7)5-9-10-6(8)11/h5H,2-4H2,1H3,(H3,8,10,11)/b9-5+. The molecule has 0 aromatic rings. The number of carbonyl (C=O) groups is 1. The molecule has 62 valence electrons. The van der Waals surface area contributed by atoms with Gasteiger partial charge in [0.1, 0.15) is 0 Å². The summed E-state index contributed by atoms with van der Waals surface area (Å²) in [6, 6.07) is -0.607. The molecule has 0 spiro atoms. The van der Waals surface area contributed by atoms with Crippen LogP contribution in [0.5, 0.6) is 0 Å². The highest BCUT2D eigenvalue weighted by Gasteiger charge is 2.29. The Morgan fingerprint density at radius 1 is 1.73 bits per heavy atom. The molecular formula is C7H13N3O. The van der Waals surface area contributed by atoms with E-state index in [0.29, 0.717) is 0 Å². The minimum absolute atomic E-state index is 0.197. The maximum absolute atomic E-state index is 10.2. The van der Waals surface area contributed by atoms with Crippen molar-refractivity contribution in [2.75, 3.05) is 0 Å². The van der Waals surface area contributed by atoms with E-state index in [1.807, 2.05) is 0 Å². The van der Waals surface area contributed by atoms with Crippen molar-refractivity contribution in [3.05, 3.63) is 0 Å². The van der Waals surface area contributed by atoms with E-state index in [2.05, 4.69) is 17.5 Å². The SMILES string of the molecule is CC1(/C=N/NC(N)=O)CCC1. The zero-order chi connectivity index (χ0) is 8.32. The monoisotopic (exact) mass is 155 g/mol.